The minimum atomic E-state index is -0.348. The summed E-state index contributed by atoms with van der Waals surface area (Å²) in [6, 6.07) is 5.57. The lowest BCUT2D eigenvalue weighted by Gasteiger charge is -2.57. The zero-order chi connectivity index (χ0) is 18.1. The van der Waals surface area contributed by atoms with E-state index in [0.29, 0.717) is 6.42 Å². The molecule has 4 aliphatic carbocycles. The minimum absolute atomic E-state index is 0.0577. The molecule has 1 N–H and O–H groups in total. The quantitative estimate of drug-likeness (QED) is 0.847. The Morgan fingerprint density at radius 3 is 2.19 bits per heavy atom. The van der Waals surface area contributed by atoms with Crippen molar-refractivity contribution in [3.05, 3.63) is 29.3 Å². The normalized spacial score (nSPS) is 38.5. The molecule has 4 bridgehead atoms. The zero-order valence-electron chi connectivity index (χ0n) is 15.8. The van der Waals surface area contributed by atoms with Gasteiger partial charge >= 0.3 is 0 Å². The second kappa shape index (κ2) is 5.66. The smallest absolute Gasteiger partial charge is 0.251 e. The zero-order valence-corrected chi connectivity index (χ0v) is 15.8. The van der Waals surface area contributed by atoms with Crippen molar-refractivity contribution in [1.29, 1.82) is 0 Å². The van der Waals surface area contributed by atoms with Gasteiger partial charge < -0.3 is 0 Å². The lowest BCUT2D eigenvalue weighted by molar-refractivity contribution is -0.122. The summed E-state index contributed by atoms with van der Waals surface area (Å²) in [7, 11) is 0. The number of nitrogens with zero attached hydrogens (tertiary/aromatic N) is 1. The molecule has 1 aromatic carbocycles. The number of anilines is 1. The lowest BCUT2D eigenvalue weighted by Crippen LogP contribution is -2.61. The van der Waals surface area contributed by atoms with Crippen LogP contribution in [-0.4, -0.2) is 23.4 Å². The van der Waals surface area contributed by atoms with Gasteiger partial charge in [0.05, 0.1) is 18.2 Å². The summed E-state index contributed by atoms with van der Waals surface area (Å²) < 4.78 is 0. The number of hydrogen-bond donors (Lipinski definition) is 1. The molecular formula is C22H28N2O2. The highest BCUT2D eigenvalue weighted by atomic mass is 16.2. The van der Waals surface area contributed by atoms with E-state index in [2.05, 4.69) is 5.32 Å². The summed E-state index contributed by atoms with van der Waals surface area (Å²) in [4.78, 5) is 27.2. The third kappa shape index (κ3) is 2.53. The van der Waals surface area contributed by atoms with Crippen molar-refractivity contribution >= 4 is 17.5 Å². The third-order valence-electron chi connectivity index (χ3n) is 7.26. The summed E-state index contributed by atoms with van der Waals surface area (Å²) in [6.45, 7) is 4.00. The first-order valence-corrected chi connectivity index (χ1v) is 10.1. The van der Waals surface area contributed by atoms with E-state index in [1.165, 1.54) is 43.4 Å². The van der Waals surface area contributed by atoms with Crippen molar-refractivity contribution in [2.24, 2.45) is 17.8 Å². The van der Waals surface area contributed by atoms with Crippen molar-refractivity contribution in [1.82, 2.24) is 5.32 Å². The Hall–Kier alpha value is -1.68. The molecule has 0 unspecified atom stereocenters. The van der Waals surface area contributed by atoms with Gasteiger partial charge in [-0.15, -0.1) is 0 Å². The van der Waals surface area contributed by atoms with Crippen molar-refractivity contribution in [3.8, 4) is 0 Å². The fourth-order valence-corrected chi connectivity index (χ4v) is 6.71. The summed E-state index contributed by atoms with van der Waals surface area (Å²) in [5.41, 5.74) is 2.99. The van der Waals surface area contributed by atoms with Gasteiger partial charge in [-0.05, 0) is 81.8 Å². The number of carbonyl (C=O) groups is 2. The average molecular weight is 352 g/mol. The monoisotopic (exact) mass is 352 g/mol. The number of hydrogen-bond acceptors (Lipinski definition) is 3. The van der Waals surface area contributed by atoms with Crippen LogP contribution in [0.1, 0.15) is 56.1 Å². The number of amides is 2. The van der Waals surface area contributed by atoms with E-state index < -0.39 is 0 Å². The molecule has 5 aliphatic rings. The van der Waals surface area contributed by atoms with E-state index in [9.17, 15) is 9.59 Å². The molecule has 0 spiro atoms. The molecule has 1 saturated heterocycles. The van der Waals surface area contributed by atoms with Gasteiger partial charge in [0.15, 0.2) is 0 Å². The van der Waals surface area contributed by atoms with Crippen molar-refractivity contribution < 1.29 is 9.59 Å². The Labute approximate surface area is 155 Å². The summed E-state index contributed by atoms with van der Waals surface area (Å²) in [6.07, 6.45) is 8.03. The molecule has 138 valence electrons. The molecule has 1 aromatic rings. The van der Waals surface area contributed by atoms with E-state index >= 15 is 0 Å². The highest BCUT2D eigenvalue weighted by Gasteiger charge is 2.53. The molecule has 5 fully saturated rings. The summed E-state index contributed by atoms with van der Waals surface area (Å²) in [5.74, 6) is 2.37. The maximum Gasteiger partial charge on any atom is 0.251 e. The first-order chi connectivity index (χ1) is 12.4. The number of nitrogens with one attached hydrogen (secondary N) is 1. The van der Waals surface area contributed by atoms with Crippen LogP contribution in [0, 0.1) is 31.6 Å². The number of rotatable bonds is 3. The van der Waals surface area contributed by atoms with Crippen molar-refractivity contribution in [2.75, 3.05) is 4.90 Å². The van der Waals surface area contributed by atoms with Crippen LogP contribution in [0.4, 0.5) is 5.69 Å². The van der Waals surface area contributed by atoms with E-state index in [1.54, 1.807) is 0 Å². The van der Waals surface area contributed by atoms with Gasteiger partial charge in [-0.2, -0.15) is 0 Å². The standard InChI is InChI=1S/C22H28N2O2/c1-13-3-4-19(14(2)5-13)24-20(25)9-18(21(24)26)23-22-10-15-6-16(11-22)8-17(7-15)12-22/h3-5,15-18,23H,6-12H2,1-2H3/t15?,16?,17?,18-,22?/m1/s1. The second-order valence-electron chi connectivity index (χ2n) is 9.46. The molecule has 1 heterocycles. The highest BCUT2D eigenvalue weighted by Crippen LogP contribution is 2.56. The molecule has 1 aliphatic heterocycles. The topological polar surface area (TPSA) is 49.4 Å². The largest absolute Gasteiger partial charge is 0.300 e. The van der Waals surface area contributed by atoms with Gasteiger partial charge in [0.25, 0.3) is 5.91 Å². The molecular weight excluding hydrogens is 324 g/mol. The van der Waals surface area contributed by atoms with Crippen LogP contribution in [-0.2, 0) is 9.59 Å². The number of imide groups is 1. The Morgan fingerprint density at radius 1 is 1.00 bits per heavy atom. The molecule has 0 aromatic heterocycles. The fourth-order valence-electron chi connectivity index (χ4n) is 6.71. The van der Waals surface area contributed by atoms with Crippen molar-refractivity contribution in [3.63, 3.8) is 0 Å². The molecule has 2 amide bonds. The average Bonchev–Trinajstić information content (AvgIpc) is 2.80. The van der Waals surface area contributed by atoms with Gasteiger partial charge in [0.2, 0.25) is 5.91 Å². The Morgan fingerprint density at radius 2 is 1.62 bits per heavy atom. The van der Waals surface area contributed by atoms with E-state index in [4.69, 9.17) is 0 Å². The molecule has 4 saturated carbocycles. The van der Waals surface area contributed by atoms with E-state index in [1.807, 2.05) is 32.0 Å². The van der Waals surface area contributed by atoms with Crippen LogP contribution >= 0.6 is 0 Å². The van der Waals surface area contributed by atoms with Crippen LogP contribution in [0.2, 0.25) is 0 Å². The molecule has 4 heteroatoms. The number of benzene rings is 1. The predicted octanol–water partition coefficient (Wildman–Crippen LogP) is 3.49. The van der Waals surface area contributed by atoms with E-state index in [0.717, 1.165) is 34.6 Å². The van der Waals surface area contributed by atoms with Gasteiger partial charge in [0, 0.05) is 5.54 Å². The van der Waals surface area contributed by atoms with Crippen LogP contribution in [0.25, 0.3) is 0 Å². The maximum absolute atomic E-state index is 13.1. The van der Waals surface area contributed by atoms with Crippen LogP contribution in [0.5, 0.6) is 0 Å². The van der Waals surface area contributed by atoms with Gasteiger partial charge in [0.1, 0.15) is 0 Å². The fraction of sp³-hybridized carbons (Fsp3) is 0.636. The van der Waals surface area contributed by atoms with Crippen molar-refractivity contribution in [2.45, 2.75) is 70.4 Å². The Kier molecular flexibility index (Phi) is 3.59. The molecule has 0 radical (unpaired) electrons. The SMILES string of the molecule is Cc1ccc(N2C(=O)C[C@@H](NC34CC5CC(CC(C5)C3)C4)C2=O)c(C)c1. The molecule has 6 rings (SSSR count). The maximum atomic E-state index is 13.1. The second-order valence-corrected chi connectivity index (χ2v) is 9.46. The third-order valence-corrected chi connectivity index (χ3v) is 7.26. The van der Waals surface area contributed by atoms with Gasteiger partial charge in [-0.25, -0.2) is 4.90 Å². The first-order valence-electron chi connectivity index (χ1n) is 10.1. The Balaban J connectivity index is 1.38. The molecule has 1 atom stereocenters. The van der Waals surface area contributed by atoms with Gasteiger partial charge in [-0.1, -0.05) is 17.7 Å². The highest BCUT2D eigenvalue weighted by molar-refractivity contribution is 6.22. The number of carbonyl (C=O) groups excluding carboxylic acids is 2. The lowest BCUT2D eigenvalue weighted by atomic mass is 9.53. The number of aryl methyl sites for hydroxylation is 2. The van der Waals surface area contributed by atoms with Crippen LogP contribution in [0.15, 0.2) is 18.2 Å². The first kappa shape index (κ1) is 16.5. The Bertz CT molecular complexity index is 749. The van der Waals surface area contributed by atoms with Crippen LogP contribution < -0.4 is 10.2 Å². The molecule has 26 heavy (non-hydrogen) atoms. The predicted molar refractivity (Wildman–Crippen MR) is 101 cm³/mol. The van der Waals surface area contributed by atoms with E-state index in [-0.39, 0.29) is 23.4 Å². The summed E-state index contributed by atoms with van der Waals surface area (Å²) in [5, 5.41) is 3.72. The molecule has 4 nitrogen and oxygen atoms in total. The minimum Gasteiger partial charge on any atom is -0.300 e. The van der Waals surface area contributed by atoms with Gasteiger partial charge in [-0.3, -0.25) is 14.9 Å². The summed E-state index contributed by atoms with van der Waals surface area (Å²) >= 11 is 0. The van der Waals surface area contributed by atoms with Crippen LogP contribution in [0.3, 0.4) is 0 Å².